The fourth-order valence-corrected chi connectivity index (χ4v) is 9.68. The third-order valence-corrected chi connectivity index (χ3v) is 12.5. The van der Waals surface area contributed by atoms with Gasteiger partial charge in [-0.1, -0.05) is 53.5 Å². The molecular weight excluding hydrogens is 805 g/mol. The zero-order chi connectivity index (χ0) is 42.9. The number of aliphatic carboxylic acids is 1. The first-order valence-electron chi connectivity index (χ1n) is 19.8. The number of methoxy groups -OCH3 is 2. The number of aryl methyl sites for hydroxylation is 2. The van der Waals surface area contributed by atoms with Gasteiger partial charge in [0.25, 0.3) is 0 Å². The van der Waals surface area contributed by atoms with Crippen LogP contribution in [0.4, 0.5) is 23.5 Å². The lowest BCUT2D eigenvalue weighted by atomic mass is 9.75. The topological polar surface area (TPSA) is 195 Å². The number of ether oxygens (including phenoxy) is 2. The summed E-state index contributed by atoms with van der Waals surface area (Å²) in [7, 11) is 3.33. The molecule has 17 heteroatoms. The van der Waals surface area contributed by atoms with Gasteiger partial charge in [-0.25, -0.2) is 9.97 Å². The van der Waals surface area contributed by atoms with Crippen LogP contribution in [-0.4, -0.2) is 86.3 Å². The number of nitrogens with zero attached hydrogens (tertiary/aromatic N) is 9. The van der Waals surface area contributed by atoms with Crippen molar-refractivity contribution in [3.05, 3.63) is 103 Å². The number of likely N-dealkylation sites (tertiary alicyclic amines) is 1. The molecule has 5 N–H and O–H groups in total. The Kier molecular flexibility index (Phi) is 12.5. The number of nitrogen functional groups attached to an aromatic ring is 2. The van der Waals surface area contributed by atoms with Crippen molar-refractivity contribution < 1.29 is 19.4 Å². The van der Waals surface area contributed by atoms with Gasteiger partial charge in [0.15, 0.2) is 0 Å². The van der Waals surface area contributed by atoms with Crippen molar-refractivity contribution in [2.45, 2.75) is 77.9 Å². The minimum absolute atomic E-state index is 0.0554. The number of aromatic nitrogens is 6. The van der Waals surface area contributed by atoms with Crippen LogP contribution in [0.3, 0.4) is 0 Å². The van der Waals surface area contributed by atoms with Crippen LogP contribution in [0.5, 0.6) is 11.5 Å². The number of carboxylic acid groups (broad SMARTS) is 1. The van der Waals surface area contributed by atoms with Crippen LogP contribution in [0, 0.1) is 27.7 Å². The van der Waals surface area contributed by atoms with Crippen molar-refractivity contribution in [1.82, 2.24) is 34.8 Å². The lowest BCUT2D eigenvalue weighted by molar-refractivity contribution is -0.137. The van der Waals surface area contributed by atoms with E-state index in [2.05, 4.69) is 72.0 Å². The van der Waals surface area contributed by atoms with E-state index in [4.69, 9.17) is 49.1 Å². The maximum Gasteiger partial charge on any atom is 0.304 e. The van der Waals surface area contributed by atoms with Crippen molar-refractivity contribution in [1.29, 1.82) is 0 Å². The molecule has 1 fully saturated rings. The number of benzene rings is 1. The third kappa shape index (κ3) is 8.56. The fourth-order valence-electron chi connectivity index (χ4n) is 8.98. The molecule has 1 aromatic carbocycles. The highest BCUT2D eigenvalue weighted by Crippen LogP contribution is 2.50. The predicted molar refractivity (Wildman–Crippen MR) is 233 cm³/mol. The summed E-state index contributed by atoms with van der Waals surface area (Å²) in [5.41, 5.74) is 20.5. The number of anilines is 4. The molecule has 8 rings (SSSR count). The van der Waals surface area contributed by atoms with Gasteiger partial charge in [0.05, 0.1) is 45.1 Å². The number of hydrogen-bond acceptors (Lipinski definition) is 14. The zero-order valence-electron chi connectivity index (χ0n) is 34.8. The van der Waals surface area contributed by atoms with E-state index in [0.717, 1.165) is 95.5 Å². The first-order valence-corrected chi connectivity index (χ1v) is 20.6. The Labute approximate surface area is 360 Å². The standard InChI is InChI=1S/C26H31ClN6O.C17H20ClN5O3/c1-17-13-29-20(18(2)22(17)34-3)15-33-16-26(21-23(27)30-25(28)31-24(21)33)9-11-32(12-10-26)14-19-7-5-4-6-8-19;1-8-5-20-11(9(2)14(8)26-3)7-23-6-10(4-12(24)25)13-15(18)21-17(19)22-16(13)23/h4-8,13H,9-12,14-16H2,1-3H3,(H2,28,30,31);5,10H,4,6-7H2,1-3H3,(H,24,25)(H2,19,21,22). The highest BCUT2D eigenvalue weighted by molar-refractivity contribution is 6.31. The Morgan fingerprint density at radius 3 is 1.92 bits per heavy atom. The highest BCUT2D eigenvalue weighted by Gasteiger charge is 2.48. The summed E-state index contributed by atoms with van der Waals surface area (Å²) in [5, 5.41) is 9.89. The van der Waals surface area contributed by atoms with Crippen molar-refractivity contribution in [3.8, 4) is 11.5 Å². The van der Waals surface area contributed by atoms with Crippen LogP contribution >= 0.6 is 23.2 Å². The molecule has 0 amide bonds. The Hall–Kier alpha value is -5.51. The van der Waals surface area contributed by atoms with Crippen molar-refractivity contribution in [2.75, 3.05) is 61.7 Å². The van der Waals surface area contributed by atoms with Gasteiger partial charge in [-0.05, 0) is 59.2 Å². The lowest BCUT2D eigenvalue weighted by Gasteiger charge is -2.40. The molecule has 4 aromatic heterocycles. The Morgan fingerprint density at radius 1 is 0.800 bits per heavy atom. The van der Waals surface area contributed by atoms with E-state index in [1.54, 1.807) is 20.4 Å². The highest BCUT2D eigenvalue weighted by atomic mass is 35.5. The molecule has 1 saturated heterocycles. The largest absolute Gasteiger partial charge is 0.496 e. The molecule has 3 aliphatic rings. The summed E-state index contributed by atoms with van der Waals surface area (Å²) in [6, 6.07) is 10.6. The number of fused-ring (bicyclic) bond motifs is 3. The number of nitrogens with two attached hydrogens (primary N) is 2. The van der Waals surface area contributed by atoms with Gasteiger partial charge >= 0.3 is 5.97 Å². The van der Waals surface area contributed by atoms with Gasteiger partial charge in [0, 0.05) is 76.7 Å². The first-order chi connectivity index (χ1) is 28.7. The van der Waals surface area contributed by atoms with Gasteiger partial charge in [-0.3, -0.25) is 19.7 Å². The molecule has 5 aromatic rings. The SMILES string of the molecule is COc1c(C)cnc(CN2CC(CC(=O)O)c3c(Cl)nc(N)nc32)c1C.COc1c(C)cnc(CN2CC3(CCN(Cc4ccccc4)CC3)c3c(Cl)nc(N)nc32)c1C. The van der Waals surface area contributed by atoms with Crippen LogP contribution in [0.15, 0.2) is 42.7 Å². The van der Waals surface area contributed by atoms with Crippen molar-refractivity contribution >= 4 is 52.7 Å². The second-order valence-corrected chi connectivity index (χ2v) is 16.6. The second kappa shape index (κ2) is 17.6. The van der Waals surface area contributed by atoms with Crippen LogP contribution in [0.25, 0.3) is 0 Å². The molecule has 15 nitrogen and oxygen atoms in total. The Bertz CT molecular complexity index is 2400. The van der Waals surface area contributed by atoms with E-state index in [1.165, 1.54) is 5.56 Å². The fraction of sp³-hybridized carbons (Fsp3) is 0.419. The molecule has 1 atom stereocenters. The number of rotatable bonds is 10. The maximum absolute atomic E-state index is 11.2. The molecule has 0 saturated carbocycles. The number of piperidine rings is 1. The van der Waals surface area contributed by atoms with Crippen LogP contribution in [0.1, 0.15) is 75.5 Å². The summed E-state index contributed by atoms with van der Waals surface area (Å²) in [4.78, 5) is 44.5. The summed E-state index contributed by atoms with van der Waals surface area (Å²) in [6.07, 6.45) is 5.57. The molecule has 3 aliphatic heterocycles. The number of hydrogen-bond donors (Lipinski definition) is 3. The minimum Gasteiger partial charge on any atom is -0.496 e. The van der Waals surface area contributed by atoms with Crippen LogP contribution in [-0.2, 0) is 29.8 Å². The molecule has 1 spiro atoms. The molecule has 316 valence electrons. The molecular formula is C43H51Cl2N11O4. The third-order valence-electron chi connectivity index (χ3n) is 11.9. The monoisotopic (exact) mass is 855 g/mol. The van der Waals surface area contributed by atoms with Crippen LogP contribution in [0.2, 0.25) is 10.3 Å². The summed E-state index contributed by atoms with van der Waals surface area (Å²) in [6.45, 7) is 13.3. The number of carboxylic acids is 1. The summed E-state index contributed by atoms with van der Waals surface area (Å²) < 4.78 is 11.1. The first kappa shape index (κ1) is 42.6. The van der Waals surface area contributed by atoms with E-state index in [0.29, 0.717) is 36.2 Å². The average molecular weight is 857 g/mol. The normalized spacial score (nSPS) is 16.6. The molecule has 60 heavy (non-hydrogen) atoms. The quantitative estimate of drug-likeness (QED) is 0.127. The van der Waals surface area contributed by atoms with Crippen molar-refractivity contribution in [2.24, 2.45) is 0 Å². The minimum atomic E-state index is -0.901. The molecule has 1 unspecified atom stereocenters. The average Bonchev–Trinajstić information content (AvgIpc) is 3.69. The van der Waals surface area contributed by atoms with Gasteiger partial charge in [0.2, 0.25) is 11.9 Å². The summed E-state index contributed by atoms with van der Waals surface area (Å²) >= 11 is 13.0. The van der Waals surface area contributed by atoms with Gasteiger partial charge in [-0.2, -0.15) is 9.97 Å². The van der Waals surface area contributed by atoms with Gasteiger partial charge in [-0.15, -0.1) is 0 Å². The number of carbonyl (C=O) groups is 1. The van der Waals surface area contributed by atoms with E-state index in [1.807, 2.05) is 31.9 Å². The zero-order valence-corrected chi connectivity index (χ0v) is 36.3. The molecule has 7 heterocycles. The Balaban J connectivity index is 0.000000189. The van der Waals surface area contributed by atoms with E-state index in [9.17, 15) is 9.90 Å². The lowest BCUT2D eigenvalue weighted by Crippen LogP contribution is -2.45. The van der Waals surface area contributed by atoms with E-state index >= 15 is 0 Å². The summed E-state index contributed by atoms with van der Waals surface area (Å²) in [5.74, 6) is 2.14. The number of halogens is 2. The van der Waals surface area contributed by atoms with Crippen LogP contribution < -0.4 is 30.7 Å². The maximum atomic E-state index is 11.2. The molecule has 0 aliphatic carbocycles. The number of pyridine rings is 2. The molecule has 0 radical (unpaired) electrons. The smallest absolute Gasteiger partial charge is 0.304 e. The van der Waals surface area contributed by atoms with E-state index in [-0.39, 0.29) is 34.8 Å². The predicted octanol–water partition coefficient (Wildman–Crippen LogP) is 6.60. The van der Waals surface area contributed by atoms with Gasteiger partial charge < -0.3 is 35.8 Å². The van der Waals surface area contributed by atoms with E-state index < -0.39 is 5.97 Å². The van der Waals surface area contributed by atoms with Crippen molar-refractivity contribution in [3.63, 3.8) is 0 Å². The van der Waals surface area contributed by atoms with Gasteiger partial charge in [0.1, 0.15) is 33.4 Å². The second-order valence-electron chi connectivity index (χ2n) is 15.8. The Morgan fingerprint density at radius 2 is 1.35 bits per heavy atom. The molecule has 0 bridgehead atoms.